The maximum absolute atomic E-state index is 13.0. The molecule has 1 amide bonds. The quantitative estimate of drug-likeness (QED) is 0.774. The lowest BCUT2D eigenvalue weighted by molar-refractivity contribution is -0.119. The van der Waals surface area contributed by atoms with E-state index in [0.717, 1.165) is 18.9 Å². The number of benzene rings is 1. The predicted molar refractivity (Wildman–Crippen MR) is 60.8 cm³/mol. The first-order valence-electron chi connectivity index (χ1n) is 5.34. The van der Waals surface area contributed by atoms with E-state index in [0.29, 0.717) is 5.69 Å². The summed E-state index contributed by atoms with van der Waals surface area (Å²) in [5, 5.41) is 11.6. The number of nitrogens with one attached hydrogen (secondary N) is 1. The van der Waals surface area contributed by atoms with Crippen LogP contribution in [0.5, 0.6) is 5.75 Å². The number of anilines is 1. The first kappa shape index (κ1) is 12.5. The molecule has 3 nitrogen and oxygen atoms in total. The topological polar surface area (TPSA) is 49.3 Å². The molecule has 0 spiro atoms. The average molecular weight is 225 g/mol. The second kappa shape index (κ2) is 5.49. The maximum Gasteiger partial charge on any atom is 0.227 e. The largest absolute Gasteiger partial charge is 0.505 e. The molecule has 1 unspecified atom stereocenters. The van der Waals surface area contributed by atoms with Gasteiger partial charge in [0.15, 0.2) is 11.6 Å². The Balaban J connectivity index is 2.66. The normalized spacial score (nSPS) is 12.2. The fourth-order valence-corrected chi connectivity index (χ4v) is 1.41. The van der Waals surface area contributed by atoms with Gasteiger partial charge >= 0.3 is 0 Å². The summed E-state index contributed by atoms with van der Waals surface area (Å²) in [4.78, 5) is 11.6. The van der Waals surface area contributed by atoms with Crippen molar-refractivity contribution in [3.8, 4) is 5.75 Å². The van der Waals surface area contributed by atoms with Crippen LogP contribution in [0, 0.1) is 11.7 Å². The van der Waals surface area contributed by atoms with Crippen molar-refractivity contribution >= 4 is 11.6 Å². The molecule has 88 valence electrons. The number of carbonyl (C=O) groups is 1. The Bertz CT molecular complexity index is 379. The number of phenols is 1. The highest BCUT2D eigenvalue weighted by molar-refractivity contribution is 5.92. The second-order valence-corrected chi connectivity index (χ2v) is 3.85. The molecule has 0 aliphatic rings. The Morgan fingerprint density at radius 1 is 1.56 bits per heavy atom. The molecule has 1 aromatic rings. The molecular formula is C12H16FNO2. The van der Waals surface area contributed by atoms with Crippen LogP contribution in [-0.4, -0.2) is 11.0 Å². The van der Waals surface area contributed by atoms with E-state index in [9.17, 15) is 9.18 Å². The van der Waals surface area contributed by atoms with Crippen molar-refractivity contribution in [3.63, 3.8) is 0 Å². The summed E-state index contributed by atoms with van der Waals surface area (Å²) in [6.07, 6.45) is 1.73. The van der Waals surface area contributed by atoms with Crippen molar-refractivity contribution < 1.29 is 14.3 Å². The first-order chi connectivity index (χ1) is 7.54. The predicted octanol–water partition coefficient (Wildman–Crippen LogP) is 2.91. The van der Waals surface area contributed by atoms with Crippen LogP contribution >= 0.6 is 0 Å². The Morgan fingerprint density at radius 2 is 2.25 bits per heavy atom. The van der Waals surface area contributed by atoms with Gasteiger partial charge in [-0.15, -0.1) is 0 Å². The van der Waals surface area contributed by atoms with Crippen molar-refractivity contribution in [2.75, 3.05) is 5.32 Å². The fraction of sp³-hybridized carbons (Fsp3) is 0.417. The van der Waals surface area contributed by atoms with E-state index >= 15 is 0 Å². The number of carbonyl (C=O) groups excluding carboxylic acids is 1. The zero-order chi connectivity index (χ0) is 12.1. The molecular weight excluding hydrogens is 209 g/mol. The average Bonchev–Trinajstić information content (AvgIpc) is 2.24. The molecule has 0 fully saturated rings. The minimum atomic E-state index is -0.735. The molecule has 0 saturated heterocycles. The number of rotatable bonds is 4. The van der Waals surface area contributed by atoms with Gasteiger partial charge in [-0.25, -0.2) is 4.39 Å². The molecule has 0 aromatic heterocycles. The van der Waals surface area contributed by atoms with Crippen molar-refractivity contribution in [3.05, 3.63) is 24.0 Å². The number of aromatic hydroxyl groups is 1. The summed E-state index contributed by atoms with van der Waals surface area (Å²) in [5.74, 6) is -1.38. The van der Waals surface area contributed by atoms with Crippen LogP contribution in [0.15, 0.2) is 18.2 Å². The van der Waals surface area contributed by atoms with Crippen LogP contribution in [0.3, 0.4) is 0 Å². The molecule has 0 bridgehead atoms. The highest BCUT2D eigenvalue weighted by Gasteiger charge is 2.12. The van der Waals surface area contributed by atoms with Crippen molar-refractivity contribution in [1.82, 2.24) is 0 Å². The van der Waals surface area contributed by atoms with E-state index in [-0.39, 0.29) is 11.8 Å². The summed E-state index contributed by atoms with van der Waals surface area (Å²) in [6, 6.07) is 3.79. The monoisotopic (exact) mass is 225 g/mol. The van der Waals surface area contributed by atoms with Crippen LogP contribution in [0.2, 0.25) is 0 Å². The van der Waals surface area contributed by atoms with Gasteiger partial charge in [0.2, 0.25) is 5.91 Å². The van der Waals surface area contributed by atoms with Gasteiger partial charge in [0.05, 0.1) is 0 Å². The first-order valence-corrected chi connectivity index (χ1v) is 5.34. The number of phenolic OH excluding ortho intramolecular Hbond substituents is 1. The zero-order valence-corrected chi connectivity index (χ0v) is 9.46. The third-order valence-corrected chi connectivity index (χ3v) is 2.38. The highest BCUT2D eigenvalue weighted by atomic mass is 19.1. The van der Waals surface area contributed by atoms with Gasteiger partial charge in [-0.2, -0.15) is 0 Å². The molecule has 1 rings (SSSR count). The van der Waals surface area contributed by atoms with E-state index < -0.39 is 11.6 Å². The van der Waals surface area contributed by atoms with Crippen molar-refractivity contribution in [2.45, 2.75) is 26.7 Å². The third kappa shape index (κ3) is 3.22. The molecule has 2 N–H and O–H groups in total. The summed E-state index contributed by atoms with van der Waals surface area (Å²) in [5.41, 5.74) is 0.364. The van der Waals surface area contributed by atoms with E-state index in [2.05, 4.69) is 5.32 Å². The highest BCUT2D eigenvalue weighted by Crippen LogP contribution is 2.20. The minimum Gasteiger partial charge on any atom is -0.505 e. The van der Waals surface area contributed by atoms with Gasteiger partial charge in [-0.05, 0) is 18.6 Å². The SMILES string of the molecule is CCCC(C)C(=O)Nc1ccc(O)c(F)c1. The van der Waals surface area contributed by atoms with E-state index in [4.69, 9.17) is 5.11 Å². The zero-order valence-electron chi connectivity index (χ0n) is 9.46. The summed E-state index contributed by atoms with van der Waals surface area (Å²) in [6.45, 7) is 3.83. The summed E-state index contributed by atoms with van der Waals surface area (Å²) < 4.78 is 13.0. The van der Waals surface area contributed by atoms with Crippen molar-refractivity contribution in [1.29, 1.82) is 0 Å². The molecule has 16 heavy (non-hydrogen) atoms. The van der Waals surface area contributed by atoms with Crippen LogP contribution in [-0.2, 0) is 4.79 Å². The molecule has 4 heteroatoms. The van der Waals surface area contributed by atoms with Crippen LogP contribution in [0.4, 0.5) is 10.1 Å². The maximum atomic E-state index is 13.0. The van der Waals surface area contributed by atoms with Gasteiger partial charge in [-0.3, -0.25) is 4.79 Å². The van der Waals surface area contributed by atoms with E-state index in [1.54, 1.807) is 0 Å². The van der Waals surface area contributed by atoms with Gasteiger partial charge in [-0.1, -0.05) is 20.3 Å². The van der Waals surface area contributed by atoms with E-state index in [1.165, 1.54) is 12.1 Å². The minimum absolute atomic E-state index is 0.0955. The molecule has 0 saturated carbocycles. The Kier molecular flexibility index (Phi) is 4.28. The van der Waals surface area contributed by atoms with Crippen LogP contribution in [0.1, 0.15) is 26.7 Å². The van der Waals surface area contributed by atoms with E-state index in [1.807, 2.05) is 13.8 Å². The van der Waals surface area contributed by atoms with Crippen molar-refractivity contribution in [2.24, 2.45) is 5.92 Å². The summed E-state index contributed by atoms with van der Waals surface area (Å²) >= 11 is 0. The smallest absolute Gasteiger partial charge is 0.227 e. The third-order valence-electron chi connectivity index (χ3n) is 2.38. The molecule has 0 aliphatic carbocycles. The Labute approximate surface area is 94.3 Å². The molecule has 0 radical (unpaired) electrons. The Morgan fingerprint density at radius 3 is 2.81 bits per heavy atom. The molecule has 1 atom stereocenters. The number of amides is 1. The number of halogens is 1. The van der Waals surface area contributed by atoms with Crippen LogP contribution in [0.25, 0.3) is 0 Å². The van der Waals surface area contributed by atoms with Gasteiger partial charge in [0.1, 0.15) is 0 Å². The van der Waals surface area contributed by atoms with Gasteiger partial charge < -0.3 is 10.4 Å². The molecule has 0 aliphatic heterocycles. The fourth-order valence-electron chi connectivity index (χ4n) is 1.41. The number of hydrogen-bond donors (Lipinski definition) is 2. The summed E-state index contributed by atoms with van der Waals surface area (Å²) in [7, 11) is 0. The van der Waals surface area contributed by atoms with Gasteiger partial charge in [0, 0.05) is 17.7 Å². The standard InChI is InChI=1S/C12H16FNO2/c1-3-4-8(2)12(16)14-9-5-6-11(15)10(13)7-9/h5-8,15H,3-4H2,1-2H3,(H,14,16). The molecule has 0 heterocycles. The van der Waals surface area contributed by atoms with Crippen LogP contribution < -0.4 is 5.32 Å². The Hall–Kier alpha value is -1.58. The lowest BCUT2D eigenvalue weighted by atomic mass is 10.1. The number of hydrogen-bond acceptors (Lipinski definition) is 2. The lowest BCUT2D eigenvalue weighted by Gasteiger charge is -2.11. The van der Waals surface area contributed by atoms with Gasteiger partial charge in [0.25, 0.3) is 0 Å². The lowest BCUT2D eigenvalue weighted by Crippen LogP contribution is -2.20. The second-order valence-electron chi connectivity index (χ2n) is 3.85. The molecule has 1 aromatic carbocycles.